The molecule has 0 amide bonds. The van der Waals surface area contributed by atoms with Crippen LogP contribution in [-0.2, 0) is 13.5 Å². The summed E-state index contributed by atoms with van der Waals surface area (Å²) in [5, 5.41) is 2.28. The zero-order chi connectivity index (χ0) is 20.2. The second kappa shape index (κ2) is 6.46. The van der Waals surface area contributed by atoms with E-state index in [9.17, 15) is 0 Å². The van der Waals surface area contributed by atoms with Crippen molar-refractivity contribution in [1.82, 2.24) is 0 Å². The summed E-state index contributed by atoms with van der Waals surface area (Å²) < 4.78 is 14.8. The van der Waals surface area contributed by atoms with Crippen molar-refractivity contribution in [2.75, 3.05) is 6.61 Å². The maximum Gasteiger partial charge on any atom is 0.216 e. The van der Waals surface area contributed by atoms with Gasteiger partial charge in [-0.1, -0.05) is 48.5 Å². The highest BCUT2D eigenvalue weighted by atomic mass is 16.5. The van der Waals surface area contributed by atoms with Gasteiger partial charge >= 0.3 is 0 Å². The Hall–Kier alpha value is -3.59. The SMILES string of the molecule is Cc1ccc2c(oc3c(-c4cccc5c4OCC5)cccc32)c1-c1cccc[n+]1C. The van der Waals surface area contributed by atoms with Gasteiger partial charge in [0.1, 0.15) is 24.0 Å². The van der Waals surface area contributed by atoms with E-state index in [-0.39, 0.29) is 0 Å². The normalized spacial score (nSPS) is 13.0. The van der Waals surface area contributed by atoms with Crippen LogP contribution < -0.4 is 9.30 Å². The monoisotopic (exact) mass is 392 g/mol. The summed E-state index contributed by atoms with van der Waals surface area (Å²) in [4.78, 5) is 0. The van der Waals surface area contributed by atoms with E-state index in [2.05, 4.69) is 85.4 Å². The fraction of sp³-hybridized carbons (Fsp3) is 0.148. The van der Waals surface area contributed by atoms with Gasteiger partial charge in [-0.25, -0.2) is 4.57 Å². The van der Waals surface area contributed by atoms with Crippen LogP contribution in [0.3, 0.4) is 0 Å². The van der Waals surface area contributed by atoms with Gasteiger partial charge in [0.2, 0.25) is 5.69 Å². The number of fused-ring (bicyclic) bond motifs is 4. The number of ether oxygens (including phenoxy) is 1. The molecule has 0 N–H and O–H groups in total. The second-order valence-corrected chi connectivity index (χ2v) is 8.01. The number of nitrogens with zero attached hydrogens (tertiary/aromatic N) is 1. The van der Waals surface area contributed by atoms with Gasteiger partial charge in [0.25, 0.3) is 0 Å². The molecule has 2 aromatic heterocycles. The van der Waals surface area contributed by atoms with Gasteiger partial charge in [0.15, 0.2) is 6.20 Å². The van der Waals surface area contributed by atoms with Gasteiger partial charge in [0, 0.05) is 40.5 Å². The summed E-state index contributed by atoms with van der Waals surface area (Å²) in [6.45, 7) is 2.89. The van der Waals surface area contributed by atoms with Crippen molar-refractivity contribution in [2.24, 2.45) is 7.05 Å². The number of pyridine rings is 1. The Morgan fingerprint density at radius 2 is 1.63 bits per heavy atom. The summed E-state index contributed by atoms with van der Waals surface area (Å²) in [6, 6.07) is 23.4. The first-order chi connectivity index (χ1) is 14.7. The summed E-state index contributed by atoms with van der Waals surface area (Å²) in [5.74, 6) is 0.997. The molecule has 0 saturated carbocycles. The van der Waals surface area contributed by atoms with Crippen LogP contribution in [0.5, 0.6) is 5.75 Å². The standard InChI is InChI=1S/C27H22NO2/c1-17-12-13-22-21-10-6-9-20(19-8-5-7-18-14-16-29-25(18)19)26(21)30-27(22)24(17)23-11-3-4-15-28(23)2/h3-13,15H,14,16H2,1-2H3/q+1. The third-order valence-electron chi connectivity index (χ3n) is 6.19. The third-order valence-corrected chi connectivity index (χ3v) is 6.19. The lowest BCUT2D eigenvalue weighted by Gasteiger charge is -2.08. The molecule has 0 unspecified atom stereocenters. The average molecular weight is 392 g/mol. The van der Waals surface area contributed by atoms with Crippen LogP contribution in [0.4, 0.5) is 0 Å². The Labute approximate surface area is 175 Å². The summed E-state index contributed by atoms with van der Waals surface area (Å²) in [5.41, 5.74) is 8.82. The summed E-state index contributed by atoms with van der Waals surface area (Å²) >= 11 is 0. The molecule has 3 heterocycles. The smallest absolute Gasteiger partial charge is 0.216 e. The lowest BCUT2D eigenvalue weighted by molar-refractivity contribution is -0.660. The Morgan fingerprint density at radius 1 is 0.800 bits per heavy atom. The molecule has 0 saturated heterocycles. The fourth-order valence-corrected chi connectivity index (χ4v) is 4.70. The maximum atomic E-state index is 6.65. The topological polar surface area (TPSA) is 26.2 Å². The Kier molecular flexibility index (Phi) is 3.72. The molecule has 0 spiro atoms. The zero-order valence-corrected chi connectivity index (χ0v) is 17.1. The number of aromatic nitrogens is 1. The minimum atomic E-state index is 0.746. The molecule has 1 aliphatic rings. The number of para-hydroxylation sites is 2. The lowest BCUT2D eigenvalue weighted by atomic mass is 9.97. The molecule has 30 heavy (non-hydrogen) atoms. The van der Waals surface area contributed by atoms with Crippen molar-refractivity contribution in [2.45, 2.75) is 13.3 Å². The average Bonchev–Trinajstić information content (AvgIpc) is 3.38. The van der Waals surface area contributed by atoms with E-state index in [1.54, 1.807) is 0 Å². The van der Waals surface area contributed by atoms with E-state index >= 15 is 0 Å². The molecule has 5 aromatic rings. The van der Waals surface area contributed by atoms with Crippen LogP contribution in [0.1, 0.15) is 11.1 Å². The molecule has 0 radical (unpaired) electrons. The van der Waals surface area contributed by atoms with Gasteiger partial charge in [0.05, 0.1) is 12.2 Å². The van der Waals surface area contributed by atoms with Gasteiger partial charge in [-0.2, -0.15) is 0 Å². The Bertz CT molecular complexity index is 1440. The molecule has 3 heteroatoms. The first-order valence-corrected chi connectivity index (χ1v) is 10.4. The Morgan fingerprint density at radius 3 is 2.53 bits per heavy atom. The van der Waals surface area contributed by atoms with Crippen molar-refractivity contribution in [3.63, 3.8) is 0 Å². The summed E-state index contributed by atoms with van der Waals surface area (Å²) in [6.07, 6.45) is 3.04. The van der Waals surface area contributed by atoms with Gasteiger partial charge < -0.3 is 9.15 Å². The van der Waals surface area contributed by atoms with Crippen molar-refractivity contribution in [3.05, 3.63) is 84.1 Å². The van der Waals surface area contributed by atoms with Crippen LogP contribution in [0.2, 0.25) is 0 Å². The highest BCUT2D eigenvalue weighted by Gasteiger charge is 2.23. The number of hydrogen-bond donors (Lipinski definition) is 0. The van der Waals surface area contributed by atoms with Crippen LogP contribution in [0.15, 0.2) is 77.3 Å². The molecule has 3 nitrogen and oxygen atoms in total. The minimum Gasteiger partial charge on any atom is -0.492 e. The van der Waals surface area contributed by atoms with E-state index in [1.807, 2.05) is 6.07 Å². The molecule has 6 rings (SSSR count). The molecule has 0 aliphatic carbocycles. The van der Waals surface area contributed by atoms with Crippen LogP contribution in [0.25, 0.3) is 44.3 Å². The Balaban J connectivity index is 1.69. The summed E-state index contributed by atoms with van der Waals surface area (Å²) in [7, 11) is 2.08. The molecule has 0 atom stereocenters. The number of aryl methyl sites for hydroxylation is 2. The molecule has 0 fully saturated rings. The van der Waals surface area contributed by atoms with E-state index < -0.39 is 0 Å². The predicted octanol–water partition coefficient (Wildman–Crippen LogP) is 5.99. The fourth-order valence-electron chi connectivity index (χ4n) is 4.70. The lowest BCUT2D eigenvalue weighted by Crippen LogP contribution is -2.30. The van der Waals surface area contributed by atoms with Gasteiger partial charge in [-0.05, 0) is 24.1 Å². The number of benzene rings is 3. The van der Waals surface area contributed by atoms with E-state index in [4.69, 9.17) is 9.15 Å². The van der Waals surface area contributed by atoms with Crippen LogP contribution in [-0.4, -0.2) is 6.61 Å². The molecule has 0 bridgehead atoms. The second-order valence-electron chi connectivity index (χ2n) is 8.01. The highest BCUT2D eigenvalue weighted by molar-refractivity contribution is 6.13. The minimum absolute atomic E-state index is 0.746. The van der Waals surface area contributed by atoms with Crippen molar-refractivity contribution < 1.29 is 13.7 Å². The third kappa shape index (κ3) is 2.42. The molecule has 3 aromatic carbocycles. The molecular formula is C27H22NO2+. The largest absolute Gasteiger partial charge is 0.492 e. The number of hydrogen-bond acceptors (Lipinski definition) is 2. The van der Waals surface area contributed by atoms with Gasteiger partial charge in [-0.3, -0.25) is 0 Å². The van der Waals surface area contributed by atoms with E-state index in [0.29, 0.717) is 0 Å². The van der Waals surface area contributed by atoms with Crippen molar-refractivity contribution >= 4 is 21.9 Å². The zero-order valence-electron chi connectivity index (χ0n) is 17.1. The quantitative estimate of drug-likeness (QED) is 0.345. The van der Waals surface area contributed by atoms with Crippen LogP contribution in [0, 0.1) is 6.92 Å². The first-order valence-electron chi connectivity index (χ1n) is 10.4. The molecular weight excluding hydrogens is 370 g/mol. The molecule has 146 valence electrons. The predicted molar refractivity (Wildman–Crippen MR) is 120 cm³/mol. The van der Waals surface area contributed by atoms with Crippen molar-refractivity contribution in [3.8, 4) is 28.1 Å². The highest BCUT2D eigenvalue weighted by Crippen LogP contribution is 2.44. The van der Waals surface area contributed by atoms with E-state index in [0.717, 1.165) is 63.1 Å². The molecule has 1 aliphatic heterocycles. The van der Waals surface area contributed by atoms with Gasteiger partial charge in [-0.15, -0.1) is 0 Å². The first kappa shape index (κ1) is 17.3. The number of furan rings is 1. The van der Waals surface area contributed by atoms with E-state index in [1.165, 1.54) is 11.1 Å². The maximum absolute atomic E-state index is 6.65. The number of rotatable bonds is 2. The van der Waals surface area contributed by atoms with Crippen LogP contribution >= 0.6 is 0 Å². The van der Waals surface area contributed by atoms with Crippen molar-refractivity contribution in [1.29, 1.82) is 0 Å².